The van der Waals surface area contributed by atoms with Crippen LogP contribution < -0.4 is 10.1 Å². The summed E-state index contributed by atoms with van der Waals surface area (Å²) >= 11 is 0. The lowest BCUT2D eigenvalue weighted by Gasteiger charge is -2.31. The van der Waals surface area contributed by atoms with Crippen LogP contribution in [0.3, 0.4) is 0 Å². The first-order valence-corrected chi connectivity index (χ1v) is 11.3. The van der Waals surface area contributed by atoms with Gasteiger partial charge in [0.1, 0.15) is 17.3 Å². The van der Waals surface area contributed by atoms with Gasteiger partial charge in [0.15, 0.2) is 0 Å². The van der Waals surface area contributed by atoms with Crippen molar-refractivity contribution in [2.45, 2.75) is 51.4 Å². The van der Waals surface area contributed by atoms with E-state index in [4.69, 9.17) is 9.52 Å². The molecule has 1 aromatic heterocycles. The molecular weight excluding hydrogens is 447 g/mol. The molecule has 180 valence electrons. The van der Waals surface area contributed by atoms with Gasteiger partial charge in [-0.2, -0.15) is 0 Å². The van der Waals surface area contributed by atoms with E-state index in [0.29, 0.717) is 17.2 Å². The number of aromatic carboxylic acids is 1. The normalized spacial score (nSPS) is 15.6. The highest BCUT2D eigenvalue weighted by Crippen LogP contribution is 2.40. The molecular formula is C26H26F3NO4. The number of rotatable bonds is 7. The molecule has 0 saturated heterocycles. The van der Waals surface area contributed by atoms with Gasteiger partial charge in [-0.25, -0.2) is 4.79 Å². The maximum absolute atomic E-state index is 12.5. The maximum atomic E-state index is 12.5. The van der Waals surface area contributed by atoms with E-state index in [0.717, 1.165) is 42.7 Å². The molecule has 0 bridgehead atoms. The van der Waals surface area contributed by atoms with Gasteiger partial charge in [-0.05, 0) is 80.3 Å². The largest absolute Gasteiger partial charge is 0.573 e. The van der Waals surface area contributed by atoms with Crippen LogP contribution in [-0.2, 0) is 0 Å². The first-order chi connectivity index (χ1) is 16.2. The van der Waals surface area contributed by atoms with E-state index in [1.54, 1.807) is 24.3 Å². The number of hydrogen-bond donors (Lipinski definition) is 2. The van der Waals surface area contributed by atoms with Crippen molar-refractivity contribution in [1.82, 2.24) is 0 Å². The molecule has 0 amide bonds. The van der Waals surface area contributed by atoms with Crippen molar-refractivity contribution in [2.75, 3.05) is 5.32 Å². The number of benzene rings is 2. The number of carboxylic acid groups (broad SMARTS) is 1. The number of halogens is 3. The van der Waals surface area contributed by atoms with Gasteiger partial charge in [-0.15, -0.1) is 13.2 Å². The van der Waals surface area contributed by atoms with Gasteiger partial charge in [0.25, 0.3) is 0 Å². The Morgan fingerprint density at radius 3 is 2.29 bits per heavy atom. The van der Waals surface area contributed by atoms with Gasteiger partial charge >= 0.3 is 12.3 Å². The zero-order chi connectivity index (χ0) is 24.3. The van der Waals surface area contributed by atoms with E-state index in [2.05, 4.69) is 10.1 Å². The summed E-state index contributed by atoms with van der Waals surface area (Å²) in [6.07, 6.45) is 0.884. The summed E-state index contributed by atoms with van der Waals surface area (Å²) in [7, 11) is 0. The molecule has 1 fully saturated rings. The van der Waals surface area contributed by atoms with Crippen molar-refractivity contribution in [1.29, 1.82) is 0 Å². The van der Waals surface area contributed by atoms with Crippen molar-refractivity contribution >= 4 is 11.7 Å². The van der Waals surface area contributed by atoms with E-state index in [9.17, 15) is 18.0 Å². The average Bonchev–Trinajstić information content (AvgIpc) is 3.19. The molecule has 0 radical (unpaired) electrons. The average molecular weight is 473 g/mol. The van der Waals surface area contributed by atoms with E-state index in [1.165, 1.54) is 30.7 Å². The molecule has 3 aromatic rings. The first kappa shape index (κ1) is 23.7. The molecule has 1 atom stereocenters. The molecule has 0 spiro atoms. The predicted octanol–water partition coefficient (Wildman–Crippen LogP) is 7.59. The number of ether oxygens (including phenoxy) is 1. The Labute approximate surface area is 195 Å². The predicted molar refractivity (Wildman–Crippen MR) is 122 cm³/mol. The summed E-state index contributed by atoms with van der Waals surface area (Å²) in [4.78, 5) is 11.2. The van der Waals surface area contributed by atoms with Crippen molar-refractivity contribution in [3.63, 3.8) is 0 Å². The number of nitrogens with one attached hydrogen (secondary N) is 1. The Balaban J connectivity index is 1.61. The summed E-state index contributed by atoms with van der Waals surface area (Å²) in [5.41, 5.74) is 2.67. The fourth-order valence-electron chi connectivity index (χ4n) is 4.57. The second-order valence-electron chi connectivity index (χ2n) is 8.60. The highest BCUT2D eigenvalue weighted by molar-refractivity contribution is 5.88. The van der Waals surface area contributed by atoms with E-state index in [1.807, 2.05) is 13.0 Å². The number of carbonyl (C=O) groups is 1. The van der Waals surface area contributed by atoms with Gasteiger partial charge < -0.3 is 19.6 Å². The van der Waals surface area contributed by atoms with Crippen molar-refractivity contribution in [3.05, 3.63) is 71.5 Å². The smallest absolute Gasteiger partial charge is 0.478 e. The standard InChI is InChI=1S/C26H26F3NO4/c1-16-22(15-23(33-16)17-9-13-21(14-10-17)34-26(27,28)29)24(18-5-3-2-4-6-18)30-20-11-7-19(8-12-20)25(31)32/h7-15,18,24,30H,2-6H2,1H3,(H,31,32). The molecule has 4 rings (SSSR count). The molecule has 1 heterocycles. The van der Waals surface area contributed by atoms with Gasteiger partial charge in [0.05, 0.1) is 11.6 Å². The Bertz CT molecular complexity index is 1110. The fraction of sp³-hybridized carbons (Fsp3) is 0.346. The number of aryl methyl sites for hydroxylation is 1. The van der Waals surface area contributed by atoms with Gasteiger partial charge in [0, 0.05) is 16.8 Å². The van der Waals surface area contributed by atoms with Gasteiger partial charge in [-0.3, -0.25) is 0 Å². The fourth-order valence-corrected chi connectivity index (χ4v) is 4.57. The second kappa shape index (κ2) is 9.83. The number of hydrogen-bond acceptors (Lipinski definition) is 4. The molecule has 0 aliphatic heterocycles. The zero-order valence-electron chi connectivity index (χ0n) is 18.7. The third kappa shape index (κ3) is 5.73. The van der Waals surface area contributed by atoms with Crippen LogP contribution in [0.4, 0.5) is 18.9 Å². The summed E-state index contributed by atoms with van der Waals surface area (Å²) in [6, 6.07) is 14.2. The SMILES string of the molecule is Cc1oc(-c2ccc(OC(F)(F)F)cc2)cc1C(Nc1ccc(C(=O)O)cc1)C1CCCCC1. The summed E-state index contributed by atoms with van der Waals surface area (Å²) < 4.78 is 47.3. The molecule has 34 heavy (non-hydrogen) atoms. The highest BCUT2D eigenvalue weighted by atomic mass is 19.4. The van der Waals surface area contributed by atoms with Crippen LogP contribution in [0.5, 0.6) is 5.75 Å². The minimum atomic E-state index is -4.74. The maximum Gasteiger partial charge on any atom is 0.573 e. The topological polar surface area (TPSA) is 71.7 Å². The number of alkyl halides is 3. The molecule has 1 aliphatic carbocycles. The third-order valence-electron chi connectivity index (χ3n) is 6.24. The van der Waals surface area contributed by atoms with Crippen LogP contribution >= 0.6 is 0 Å². The van der Waals surface area contributed by atoms with E-state index < -0.39 is 12.3 Å². The third-order valence-corrected chi connectivity index (χ3v) is 6.24. The number of carboxylic acids is 1. The Morgan fingerprint density at radius 2 is 1.71 bits per heavy atom. The molecule has 8 heteroatoms. The Morgan fingerprint density at radius 1 is 1.06 bits per heavy atom. The summed E-state index contributed by atoms with van der Waals surface area (Å²) in [5, 5.41) is 12.7. The zero-order valence-corrected chi connectivity index (χ0v) is 18.7. The lowest BCUT2D eigenvalue weighted by atomic mass is 9.81. The molecule has 1 unspecified atom stereocenters. The van der Waals surface area contributed by atoms with Crippen LogP contribution in [0.2, 0.25) is 0 Å². The summed E-state index contributed by atoms with van der Waals surface area (Å²) in [6.45, 7) is 1.88. The summed E-state index contributed by atoms with van der Waals surface area (Å²) in [5.74, 6) is 0.411. The van der Waals surface area contributed by atoms with Gasteiger partial charge in [-0.1, -0.05) is 19.3 Å². The number of anilines is 1. The minimum absolute atomic E-state index is 0.0404. The van der Waals surface area contributed by atoms with Crippen LogP contribution in [0, 0.1) is 12.8 Å². The quantitative estimate of drug-likeness (QED) is 0.370. The molecule has 2 aromatic carbocycles. The number of furan rings is 1. The molecule has 1 saturated carbocycles. The van der Waals surface area contributed by atoms with Crippen LogP contribution in [-0.4, -0.2) is 17.4 Å². The van der Waals surface area contributed by atoms with Crippen LogP contribution in [0.15, 0.2) is 59.0 Å². The Kier molecular flexibility index (Phi) is 6.86. The minimum Gasteiger partial charge on any atom is -0.478 e. The van der Waals surface area contributed by atoms with E-state index >= 15 is 0 Å². The Hall–Kier alpha value is -3.42. The molecule has 5 nitrogen and oxygen atoms in total. The second-order valence-corrected chi connectivity index (χ2v) is 8.60. The molecule has 2 N–H and O–H groups in total. The van der Waals surface area contributed by atoms with Crippen LogP contribution in [0.25, 0.3) is 11.3 Å². The monoisotopic (exact) mass is 473 g/mol. The van der Waals surface area contributed by atoms with Gasteiger partial charge in [0.2, 0.25) is 0 Å². The first-order valence-electron chi connectivity index (χ1n) is 11.3. The lowest BCUT2D eigenvalue weighted by molar-refractivity contribution is -0.274. The molecule has 1 aliphatic rings. The van der Waals surface area contributed by atoms with Crippen molar-refractivity contribution in [2.24, 2.45) is 5.92 Å². The van der Waals surface area contributed by atoms with Crippen molar-refractivity contribution < 1.29 is 32.2 Å². The van der Waals surface area contributed by atoms with E-state index in [-0.39, 0.29) is 17.4 Å². The lowest BCUT2D eigenvalue weighted by Crippen LogP contribution is -2.23. The van der Waals surface area contributed by atoms with Crippen LogP contribution in [0.1, 0.15) is 59.8 Å². The van der Waals surface area contributed by atoms with Crippen molar-refractivity contribution in [3.8, 4) is 17.1 Å². The highest BCUT2D eigenvalue weighted by Gasteiger charge is 2.31.